The van der Waals surface area contributed by atoms with Crippen LogP contribution in [-0.2, 0) is 18.4 Å². The molecule has 0 saturated heterocycles. The average Bonchev–Trinajstić information content (AvgIpc) is 2.83. The highest BCUT2D eigenvalue weighted by molar-refractivity contribution is 6.09. The number of amides is 1. The zero-order valence-corrected chi connectivity index (χ0v) is 15.8. The van der Waals surface area contributed by atoms with Crippen LogP contribution in [0.4, 0.5) is 5.69 Å². The van der Waals surface area contributed by atoms with Gasteiger partial charge in [-0.2, -0.15) is 5.26 Å². The third kappa shape index (κ3) is 4.31. The lowest BCUT2D eigenvalue weighted by molar-refractivity contribution is -0.112. The summed E-state index contributed by atoms with van der Waals surface area (Å²) in [6, 6.07) is 6.83. The Balaban J connectivity index is 2.30. The number of hydrogen-bond donors (Lipinski definition) is 1. The number of anilines is 1. The number of carbonyl (C=O) groups is 1. The molecule has 0 bridgehead atoms. The molecule has 0 unspecified atom stereocenters. The summed E-state index contributed by atoms with van der Waals surface area (Å²) in [7, 11) is 1.60. The van der Waals surface area contributed by atoms with E-state index in [1.54, 1.807) is 13.1 Å². The number of nitrogens with one attached hydrogen (secondary N) is 1. The zero-order chi connectivity index (χ0) is 19.4. The number of hydrogen-bond acceptors (Lipinski definition) is 3. The lowest BCUT2D eigenvalue weighted by Crippen LogP contribution is -2.18. The minimum Gasteiger partial charge on any atom is -0.348 e. The largest absolute Gasteiger partial charge is 0.348 e. The maximum atomic E-state index is 12.4. The van der Waals surface area contributed by atoms with Gasteiger partial charge < -0.3 is 14.5 Å². The molecule has 6 heteroatoms. The van der Waals surface area contributed by atoms with Crippen molar-refractivity contribution < 1.29 is 4.79 Å². The molecule has 136 valence electrons. The molecular formula is C20H24N4O2. The highest BCUT2D eigenvalue weighted by Crippen LogP contribution is 2.20. The lowest BCUT2D eigenvalue weighted by Gasteiger charge is -2.12. The van der Waals surface area contributed by atoms with Crippen LogP contribution in [-0.4, -0.2) is 15.0 Å². The van der Waals surface area contributed by atoms with E-state index in [1.165, 1.54) is 22.9 Å². The summed E-state index contributed by atoms with van der Waals surface area (Å²) in [4.78, 5) is 23.8. The Morgan fingerprint density at radius 1 is 1.35 bits per heavy atom. The van der Waals surface area contributed by atoms with Gasteiger partial charge in [-0.3, -0.25) is 9.59 Å². The van der Waals surface area contributed by atoms with Gasteiger partial charge in [0.15, 0.2) is 0 Å². The van der Waals surface area contributed by atoms with Crippen LogP contribution in [0.1, 0.15) is 30.8 Å². The van der Waals surface area contributed by atoms with Crippen LogP contribution in [0.2, 0.25) is 0 Å². The monoisotopic (exact) mass is 352 g/mol. The van der Waals surface area contributed by atoms with E-state index >= 15 is 0 Å². The minimum atomic E-state index is -0.500. The zero-order valence-electron chi connectivity index (χ0n) is 15.8. The van der Waals surface area contributed by atoms with E-state index < -0.39 is 5.91 Å². The highest BCUT2D eigenvalue weighted by Gasteiger charge is 2.14. The predicted octanol–water partition coefficient (Wildman–Crippen LogP) is 3.01. The molecule has 1 amide bonds. The van der Waals surface area contributed by atoms with Crippen LogP contribution in [0.25, 0.3) is 6.08 Å². The molecule has 0 aliphatic heterocycles. The summed E-state index contributed by atoms with van der Waals surface area (Å²) in [6.07, 6.45) is 3.13. The van der Waals surface area contributed by atoms with Gasteiger partial charge in [-0.25, -0.2) is 0 Å². The van der Waals surface area contributed by atoms with Gasteiger partial charge in [0.1, 0.15) is 11.6 Å². The number of carbonyl (C=O) groups excluding carboxylic acids is 1. The van der Waals surface area contributed by atoms with Crippen LogP contribution >= 0.6 is 0 Å². The molecule has 2 rings (SSSR count). The number of pyridine rings is 1. The molecule has 2 heterocycles. The van der Waals surface area contributed by atoms with Crippen molar-refractivity contribution in [1.29, 1.82) is 5.26 Å². The molecule has 2 aromatic heterocycles. The van der Waals surface area contributed by atoms with Crippen LogP contribution in [0.5, 0.6) is 0 Å². The van der Waals surface area contributed by atoms with Crippen LogP contribution in [0.15, 0.2) is 34.8 Å². The number of nitriles is 1. The molecule has 0 fully saturated rings. The smallest absolute Gasteiger partial charge is 0.266 e. The Morgan fingerprint density at radius 3 is 2.62 bits per heavy atom. The summed E-state index contributed by atoms with van der Waals surface area (Å²) in [5, 5.41) is 12.1. The minimum absolute atomic E-state index is 0.0173. The van der Waals surface area contributed by atoms with Crippen molar-refractivity contribution in [2.45, 2.75) is 34.2 Å². The topological polar surface area (TPSA) is 79.8 Å². The van der Waals surface area contributed by atoms with Crippen molar-refractivity contribution in [3.05, 3.63) is 57.3 Å². The van der Waals surface area contributed by atoms with Gasteiger partial charge in [0, 0.05) is 37.2 Å². The Morgan fingerprint density at radius 2 is 2.04 bits per heavy atom. The molecule has 6 nitrogen and oxygen atoms in total. The van der Waals surface area contributed by atoms with E-state index in [4.69, 9.17) is 0 Å². The molecule has 1 N–H and O–H groups in total. The van der Waals surface area contributed by atoms with Gasteiger partial charge in [-0.1, -0.05) is 13.8 Å². The Bertz CT molecular complexity index is 955. The van der Waals surface area contributed by atoms with Gasteiger partial charge in [0.2, 0.25) is 5.56 Å². The Labute approximate surface area is 153 Å². The second kappa shape index (κ2) is 7.87. The van der Waals surface area contributed by atoms with E-state index in [0.29, 0.717) is 11.6 Å². The maximum absolute atomic E-state index is 12.4. The van der Waals surface area contributed by atoms with Gasteiger partial charge in [0.05, 0.1) is 5.69 Å². The van der Waals surface area contributed by atoms with E-state index in [1.807, 2.05) is 26.0 Å². The molecule has 2 aromatic rings. The first-order valence-corrected chi connectivity index (χ1v) is 8.49. The summed E-state index contributed by atoms with van der Waals surface area (Å²) in [5.74, 6) is -0.0000898. The van der Waals surface area contributed by atoms with Gasteiger partial charge in [-0.05, 0) is 43.5 Å². The Kier molecular flexibility index (Phi) is 5.83. The second-order valence-corrected chi connectivity index (χ2v) is 6.82. The fourth-order valence-electron chi connectivity index (χ4n) is 2.79. The van der Waals surface area contributed by atoms with Crippen LogP contribution in [0, 0.1) is 31.1 Å². The quantitative estimate of drug-likeness (QED) is 0.663. The van der Waals surface area contributed by atoms with Crippen molar-refractivity contribution >= 4 is 17.7 Å². The van der Waals surface area contributed by atoms with Crippen molar-refractivity contribution in [2.24, 2.45) is 13.0 Å². The third-order valence-corrected chi connectivity index (χ3v) is 4.17. The molecule has 0 atom stereocenters. The fraction of sp³-hybridized carbons (Fsp3) is 0.350. The first kappa shape index (κ1) is 19.3. The van der Waals surface area contributed by atoms with Crippen molar-refractivity contribution in [3.63, 3.8) is 0 Å². The Hall–Kier alpha value is -3.07. The molecule has 0 saturated carbocycles. The maximum Gasteiger partial charge on any atom is 0.266 e. The molecule has 0 radical (unpaired) electrons. The fourth-order valence-corrected chi connectivity index (χ4v) is 2.79. The van der Waals surface area contributed by atoms with E-state index in [9.17, 15) is 14.9 Å². The third-order valence-electron chi connectivity index (χ3n) is 4.17. The number of aromatic nitrogens is 2. The van der Waals surface area contributed by atoms with Gasteiger partial charge >= 0.3 is 0 Å². The lowest BCUT2D eigenvalue weighted by atomic mass is 10.1. The highest BCUT2D eigenvalue weighted by atomic mass is 16.1. The van der Waals surface area contributed by atoms with E-state index in [2.05, 4.69) is 23.7 Å². The number of rotatable bonds is 5. The molecule has 26 heavy (non-hydrogen) atoms. The first-order chi connectivity index (χ1) is 12.2. The van der Waals surface area contributed by atoms with Crippen molar-refractivity contribution in [1.82, 2.24) is 9.13 Å². The summed E-state index contributed by atoms with van der Waals surface area (Å²) in [6.45, 7) is 9.19. The van der Waals surface area contributed by atoms with Crippen LogP contribution in [0.3, 0.4) is 0 Å². The van der Waals surface area contributed by atoms with Crippen molar-refractivity contribution in [3.8, 4) is 6.07 Å². The number of nitrogens with zero attached hydrogens (tertiary/aromatic N) is 3. The molecular weight excluding hydrogens is 328 g/mol. The summed E-state index contributed by atoms with van der Waals surface area (Å²) in [5.41, 5.74) is 3.29. The summed E-state index contributed by atoms with van der Waals surface area (Å²) >= 11 is 0. The van der Waals surface area contributed by atoms with E-state index in [0.717, 1.165) is 23.5 Å². The number of aryl methyl sites for hydroxylation is 2. The molecule has 0 spiro atoms. The first-order valence-electron chi connectivity index (χ1n) is 8.49. The average molecular weight is 352 g/mol. The van der Waals surface area contributed by atoms with E-state index in [-0.39, 0.29) is 11.1 Å². The molecule has 0 aliphatic carbocycles. The molecule has 0 aliphatic rings. The van der Waals surface area contributed by atoms with Gasteiger partial charge in [0.25, 0.3) is 5.91 Å². The van der Waals surface area contributed by atoms with Crippen molar-refractivity contribution in [2.75, 3.05) is 5.32 Å². The molecule has 0 aromatic carbocycles. The normalized spacial score (nSPS) is 11.5. The standard InChI is InChI=1S/C20H24N4O2/c1-13(2)11-24-14(3)8-16(15(24)4)9-17(10-21)20(26)22-18-6-7-19(25)23(5)12-18/h6-9,12-13H,11H2,1-5H3,(H,22,26). The van der Waals surface area contributed by atoms with Gasteiger partial charge in [-0.15, -0.1) is 0 Å². The second-order valence-electron chi connectivity index (χ2n) is 6.82. The predicted molar refractivity (Wildman–Crippen MR) is 103 cm³/mol. The SMILES string of the molecule is Cc1cc(C=C(C#N)C(=O)Nc2ccc(=O)n(C)c2)c(C)n1CC(C)C. The van der Waals surface area contributed by atoms with Crippen LogP contribution < -0.4 is 10.9 Å². The summed E-state index contributed by atoms with van der Waals surface area (Å²) < 4.78 is 3.56.